The fourth-order valence-corrected chi connectivity index (χ4v) is 6.57. The van der Waals surface area contributed by atoms with E-state index in [0.29, 0.717) is 11.4 Å². The van der Waals surface area contributed by atoms with Gasteiger partial charge in [0.2, 0.25) is 0 Å². The fourth-order valence-electron chi connectivity index (χ4n) is 3.57. The normalized spacial score (nSPS) is 12.3. The summed E-state index contributed by atoms with van der Waals surface area (Å²) in [5, 5.41) is 2.68. The van der Waals surface area contributed by atoms with Crippen LogP contribution in [0.4, 0.5) is 14.9 Å². The molecule has 3 rings (SSSR count). The summed E-state index contributed by atoms with van der Waals surface area (Å²) in [4.78, 5) is 17.1. The molecule has 0 bridgehead atoms. The lowest BCUT2D eigenvalue weighted by atomic mass is 10.2. The zero-order valence-corrected chi connectivity index (χ0v) is 28.7. The minimum Gasteiger partial charge on any atom is -0.444 e. The van der Waals surface area contributed by atoms with E-state index in [-0.39, 0.29) is 31.1 Å². The minimum atomic E-state index is -4.05. The maximum atomic E-state index is 14.2. The predicted molar refractivity (Wildman–Crippen MR) is 176 cm³/mol. The van der Waals surface area contributed by atoms with Gasteiger partial charge in [0, 0.05) is 27.9 Å². The molecule has 1 N–H and O–H groups in total. The van der Waals surface area contributed by atoms with Crippen LogP contribution < -0.4 is 9.84 Å². The highest BCUT2D eigenvalue weighted by atomic mass is 31.2. The summed E-state index contributed by atoms with van der Waals surface area (Å²) in [6.07, 6.45) is 4.50. The number of phosphoric acid groups is 1. The third kappa shape index (κ3) is 13.0. The van der Waals surface area contributed by atoms with Gasteiger partial charge in [-0.3, -0.25) is 19.3 Å². The second kappa shape index (κ2) is 15.6. The number of carbonyl (C=O) groups excluding carboxylic acids is 1. The third-order valence-corrected chi connectivity index (χ3v) is 10.9. The Bertz CT molecular complexity index is 1400. The van der Waals surface area contributed by atoms with Crippen LogP contribution >= 0.6 is 7.82 Å². The van der Waals surface area contributed by atoms with Crippen molar-refractivity contribution in [1.82, 2.24) is 4.98 Å². The quantitative estimate of drug-likeness (QED) is 0.130. The van der Waals surface area contributed by atoms with Crippen molar-refractivity contribution in [2.75, 3.05) is 18.5 Å². The van der Waals surface area contributed by atoms with Crippen molar-refractivity contribution in [3.8, 4) is 5.75 Å². The maximum Gasteiger partial charge on any atom is 0.530 e. The van der Waals surface area contributed by atoms with Crippen LogP contribution in [0.15, 0.2) is 66.9 Å². The number of amides is 1. The number of hydrogen-bond donors (Lipinski definition) is 1. The first kappa shape index (κ1) is 34.4. The van der Waals surface area contributed by atoms with Crippen molar-refractivity contribution in [3.05, 3.63) is 89.5 Å². The lowest BCUT2D eigenvalue weighted by Crippen LogP contribution is -2.23. The molecule has 1 aromatic heterocycles. The molecular weight excluding hydrogens is 602 g/mol. The zero-order valence-electron chi connectivity index (χ0n) is 25.8. The molecule has 2 aromatic carbocycles. The Balaban J connectivity index is 1.71. The number of pyridine rings is 1. The number of hydrogen-bond acceptors (Lipinski definition) is 7. The number of ether oxygens (including phenoxy) is 1. The van der Waals surface area contributed by atoms with E-state index < -0.39 is 35.9 Å². The van der Waals surface area contributed by atoms with Gasteiger partial charge in [0.1, 0.15) is 18.2 Å². The average Bonchev–Trinajstić information content (AvgIpc) is 2.92. The van der Waals surface area contributed by atoms with Crippen LogP contribution in [0.1, 0.15) is 16.8 Å². The number of anilines is 1. The molecule has 1 heterocycles. The molecule has 12 heteroatoms. The molecule has 1 amide bonds. The third-order valence-electron chi connectivity index (χ3n) is 6.10. The lowest BCUT2D eigenvalue weighted by Gasteiger charge is -2.23. The first-order chi connectivity index (χ1) is 20.2. The molecule has 0 unspecified atom stereocenters. The van der Waals surface area contributed by atoms with Gasteiger partial charge < -0.3 is 9.26 Å². The van der Waals surface area contributed by atoms with E-state index >= 15 is 0 Å². The number of nitrogens with zero attached hydrogens (tertiary/aromatic N) is 1. The van der Waals surface area contributed by atoms with E-state index in [9.17, 15) is 13.8 Å². The first-order valence-electron chi connectivity index (χ1n) is 14.2. The van der Waals surface area contributed by atoms with Crippen LogP contribution in [-0.4, -0.2) is 40.4 Å². The molecule has 0 aliphatic rings. The van der Waals surface area contributed by atoms with Crippen LogP contribution in [0.25, 0.3) is 12.2 Å². The Morgan fingerprint density at radius 1 is 0.907 bits per heavy atom. The number of carbonyl (C=O) groups is 1. The highest BCUT2D eigenvalue weighted by molar-refractivity contribution is 7.49. The molecular formula is C31H42FN2O6PSi2. The molecule has 0 radical (unpaired) electrons. The van der Waals surface area contributed by atoms with Crippen LogP contribution in [-0.2, 0) is 25.0 Å². The number of rotatable bonds is 15. The molecule has 0 spiro atoms. The summed E-state index contributed by atoms with van der Waals surface area (Å²) in [6, 6.07) is 18.3. The topological polar surface area (TPSA) is 96.0 Å². The van der Waals surface area contributed by atoms with Gasteiger partial charge in [0.25, 0.3) is 0 Å². The molecule has 232 valence electrons. The molecule has 3 aromatic rings. The number of aromatic nitrogens is 1. The van der Waals surface area contributed by atoms with Crippen LogP contribution in [0, 0.1) is 5.82 Å². The highest BCUT2D eigenvalue weighted by Gasteiger charge is 2.32. The number of benzene rings is 2. The average molecular weight is 645 g/mol. The van der Waals surface area contributed by atoms with E-state index in [2.05, 4.69) is 49.6 Å². The lowest BCUT2D eigenvalue weighted by molar-refractivity contribution is 0.151. The molecule has 43 heavy (non-hydrogen) atoms. The Morgan fingerprint density at radius 3 is 2.19 bits per heavy atom. The van der Waals surface area contributed by atoms with E-state index in [4.69, 9.17) is 18.3 Å². The molecule has 0 saturated heterocycles. The van der Waals surface area contributed by atoms with Gasteiger partial charge >= 0.3 is 13.9 Å². The standard InChI is InChI=1S/C31H42FN2O6PSi2/c1-42(2,3)21-19-38-41(36,39-20-22-43(4,5)6)40-30-17-15-27(32)23-26(30)24-37-31(35)34-29-13-10-18-33-28(29)16-14-25-11-8-7-9-12-25/h7-18,23H,19-22,24H2,1-6H3,(H,34,35). The van der Waals surface area contributed by atoms with Gasteiger partial charge in [0.15, 0.2) is 0 Å². The summed E-state index contributed by atoms with van der Waals surface area (Å²) in [7, 11) is -7.02. The second-order valence-corrected chi connectivity index (χ2v) is 25.3. The zero-order chi connectivity index (χ0) is 31.5. The Morgan fingerprint density at radius 2 is 1.56 bits per heavy atom. The molecule has 0 atom stereocenters. The van der Waals surface area contributed by atoms with Crippen molar-refractivity contribution in [1.29, 1.82) is 0 Å². The highest BCUT2D eigenvalue weighted by Crippen LogP contribution is 2.51. The van der Waals surface area contributed by atoms with Crippen LogP contribution in [0.5, 0.6) is 5.75 Å². The van der Waals surface area contributed by atoms with Gasteiger partial charge in [-0.05, 0) is 54.1 Å². The summed E-state index contributed by atoms with van der Waals surface area (Å²) >= 11 is 0. The van der Waals surface area contributed by atoms with E-state index in [1.165, 1.54) is 12.1 Å². The van der Waals surface area contributed by atoms with Crippen molar-refractivity contribution in [2.24, 2.45) is 0 Å². The molecule has 8 nitrogen and oxygen atoms in total. The summed E-state index contributed by atoms with van der Waals surface area (Å²) in [5.41, 5.74) is 2.12. The Labute approximate surface area is 256 Å². The van der Waals surface area contributed by atoms with Gasteiger partial charge in [-0.2, -0.15) is 0 Å². The van der Waals surface area contributed by atoms with Crippen LogP contribution in [0.3, 0.4) is 0 Å². The summed E-state index contributed by atoms with van der Waals surface area (Å²) < 4.78 is 50.6. The van der Waals surface area contributed by atoms with E-state index in [0.717, 1.165) is 23.7 Å². The van der Waals surface area contributed by atoms with Crippen molar-refractivity contribution < 1.29 is 32.1 Å². The molecule has 0 aliphatic heterocycles. The Kier molecular flexibility index (Phi) is 12.5. The Hall–Kier alpha value is -3.09. The van der Waals surface area contributed by atoms with Crippen molar-refractivity contribution in [3.63, 3.8) is 0 Å². The summed E-state index contributed by atoms with van der Waals surface area (Å²) in [5.74, 6) is -0.521. The summed E-state index contributed by atoms with van der Waals surface area (Å²) in [6.45, 7) is 13.2. The molecule has 0 fully saturated rings. The largest absolute Gasteiger partial charge is 0.530 e. The van der Waals surface area contributed by atoms with Crippen molar-refractivity contribution >= 4 is 47.9 Å². The number of halogens is 1. The first-order valence-corrected chi connectivity index (χ1v) is 23.1. The number of phosphoric ester groups is 1. The van der Waals surface area contributed by atoms with Crippen molar-refractivity contribution in [2.45, 2.75) is 58.0 Å². The second-order valence-electron chi connectivity index (χ2n) is 12.5. The minimum absolute atomic E-state index is 0.0476. The predicted octanol–water partition coefficient (Wildman–Crippen LogP) is 9.34. The SMILES string of the molecule is C[Si](C)(C)CCOP(=O)(OCC[Si](C)(C)C)Oc1ccc(F)cc1COC(=O)Nc1cccnc1C=Cc1ccccc1. The van der Waals surface area contributed by atoms with Gasteiger partial charge in [-0.25, -0.2) is 13.8 Å². The van der Waals surface area contributed by atoms with Gasteiger partial charge in [-0.1, -0.05) is 75.7 Å². The fraction of sp³-hybridized carbons (Fsp3) is 0.355. The molecule has 0 saturated carbocycles. The van der Waals surface area contributed by atoms with Gasteiger partial charge in [0.05, 0.1) is 24.6 Å². The number of nitrogens with one attached hydrogen (secondary N) is 1. The van der Waals surface area contributed by atoms with E-state index in [1.807, 2.05) is 36.4 Å². The van der Waals surface area contributed by atoms with E-state index in [1.54, 1.807) is 24.4 Å². The van der Waals surface area contributed by atoms with Crippen LogP contribution in [0.2, 0.25) is 51.4 Å². The van der Waals surface area contributed by atoms with Gasteiger partial charge in [-0.15, -0.1) is 0 Å². The molecule has 0 aliphatic carbocycles. The monoisotopic (exact) mass is 644 g/mol. The maximum absolute atomic E-state index is 14.2. The smallest absolute Gasteiger partial charge is 0.444 e.